The Morgan fingerprint density at radius 3 is 2.16 bits per heavy atom. The van der Waals surface area contributed by atoms with Gasteiger partial charge in [-0.25, -0.2) is 0 Å². The fourth-order valence-corrected chi connectivity index (χ4v) is 2.99. The molecule has 0 unspecified atom stereocenters. The number of rotatable bonds is 6. The molecule has 2 rings (SSSR count). The first kappa shape index (κ1) is 21.9. The highest BCUT2D eigenvalue weighted by Gasteiger charge is 2.25. The molecule has 1 amide bonds. The molecule has 0 atom stereocenters. The van der Waals surface area contributed by atoms with Crippen molar-refractivity contribution in [2.75, 3.05) is 32.7 Å². The van der Waals surface area contributed by atoms with Crippen LogP contribution < -0.4 is 0 Å². The third-order valence-corrected chi connectivity index (χ3v) is 4.32. The number of benzene rings is 1. The summed E-state index contributed by atoms with van der Waals surface area (Å²) < 4.78 is 0. The number of β-amino-alcohol motifs (C(OH)–C–C–N with tert-alkyl or cyclic N) is 1. The first-order valence-electron chi connectivity index (χ1n) is 8.26. The van der Waals surface area contributed by atoms with E-state index in [1.165, 1.54) is 0 Å². The highest BCUT2D eigenvalue weighted by atomic mass is 35.5. The number of hydrogen-bond acceptors (Lipinski definition) is 4. The average Bonchev–Trinajstić information content (AvgIpc) is 2.52. The van der Waals surface area contributed by atoms with Gasteiger partial charge in [0.05, 0.1) is 5.60 Å². The third kappa shape index (κ3) is 7.32. The Morgan fingerprint density at radius 2 is 1.64 bits per heavy atom. The van der Waals surface area contributed by atoms with Crippen LogP contribution in [0, 0.1) is 0 Å². The van der Waals surface area contributed by atoms with Crippen molar-refractivity contribution >= 4 is 35.7 Å². The summed E-state index contributed by atoms with van der Waals surface area (Å²) in [5.41, 5.74) is -0.140. The van der Waals surface area contributed by atoms with E-state index in [1.54, 1.807) is 43.0 Å². The SMILES string of the molecule is CC(C)(O)CN1CCN(C(=O)CCC(=O)c2ccc(Cl)cc2)CC1.Cl. The molecule has 0 bridgehead atoms. The van der Waals surface area contributed by atoms with Gasteiger partial charge >= 0.3 is 0 Å². The third-order valence-electron chi connectivity index (χ3n) is 4.07. The summed E-state index contributed by atoms with van der Waals surface area (Å²) >= 11 is 5.81. The molecule has 0 radical (unpaired) electrons. The number of Topliss-reactive ketones (excluding diaryl/α,β-unsaturated/α-hetero) is 1. The standard InChI is InChI=1S/C18H25ClN2O3.ClH/c1-18(2,24)13-20-9-11-21(12-10-20)17(23)8-7-16(22)14-3-5-15(19)6-4-14;/h3-6,24H,7-13H2,1-2H3;1H. The van der Waals surface area contributed by atoms with Crippen molar-refractivity contribution in [3.8, 4) is 0 Å². The molecule has 1 heterocycles. The number of nitrogens with zero attached hydrogens (tertiary/aromatic N) is 2. The van der Waals surface area contributed by atoms with Crippen LogP contribution in [0.1, 0.15) is 37.0 Å². The zero-order valence-electron chi connectivity index (χ0n) is 14.7. The van der Waals surface area contributed by atoms with Gasteiger partial charge in [0.15, 0.2) is 5.78 Å². The molecule has 1 saturated heterocycles. The minimum Gasteiger partial charge on any atom is -0.389 e. The predicted molar refractivity (Wildman–Crippen MR) is 102 cm³/mol. The monoisotopic (exact) mass is 388 g/mol. The molecule has 0 spiro atoms. The van der Waals surface area contributed by atoms with Gasteiger partial charge in [-0.2, -0.15) is 0 Å². The second kappa shape index (κ2) is 9.53. The van der Waals surface area contributed by atoms with E-state index in [-0.39, 0.29) is 36.9 Å². The van der Waals surface area contributed by atoms with Gasteiger partial charge in [-0.15, -0.1) is 12.4 Å². The molecule has 1 aromatic rings. The summed E-state index contributed by atoms with van der Waals surface area (Å²) in [5.74, 6) is -0.0269. The van der Waals surface area contributed by atoms with Crippen LogP contribution in [0.5, 0.6) is 0 Å². The highest BCUT2D eigenvalue weighted by molar-refractivity contribution is 6.30. The van der Waals surface area contributed by atoms with Gasteiger partial charge in [-0.1, -0.05) is 11.6 Å². The molecule has 7 heteroatoms. The van der Waals surface area contributed by atoms with E-state index in [0.29, 0.717) is 30.2 Å². The van der Waals surface area contributed by atoms with E-state index in [9.17, 15) is 14.7 Å². The van der Waals surface area contributed by atoms with Crippen molar-refractivity contribution in [1.82, 2.24) is 9.80 Å². The van der Waals surface area contributed by atoms with Crippen molar-refractivity contribution in [1.29, 1.82) is 0 Å². The molecule has 5 nitrogen and oxygen atoms in total. The Kier molecular flexibility index (Phi) is 8.35. The van der Waals surface area contributed by atoms with Crippen LogP contribution in [0.3, 0.4) is 0 Å². The number of carbonyl (C=O) groups excluding carboxylic acids is 2. The summed E-state index contributed by atoms with van der Waals surface area (Å²) in [7, 11) is 0. The Morgan fingerprint density at radius 1 is 1.08 bits per heavy atom. The molecular weight excluding hydrogens is 363 g/mol. The number of ketones is 1. The Labute approximate surface area is 160 Å². The lowest BCUT2D eigenvalue weighted by molar-refractivity contribution is -0.133. The van der Waals surface area contributed by atoms with Crippen molar-refractivity contribution in [2.24, 2.45) is 0 Å². The number of hydrogen-bond donors (Lipinski definition) is 1. The first-order chi connectivity index (χ1) is 11.2. The smallest absolute Gasteiger partial charge is 0.223 e. The maximum absolute atomic E-state index is 12.3. The molecule has 0 aliphatic carbocycles. The lowest BCUT2D eigenvalue weighted by atomic mass is 10.1. The zero-order valence-corrected chi connectivity index (χ0v) is 16.3. The van der Waals surface area contributed by atoms with E-state index in [4.69, 9.17) is 11.6 Å². The Hall–Kier alpha value is -1.14. The molecule has 25 heavy (non-hydrogen) atoms. The summed E-state index contributed by atoms with van der Waals surface area (Å²) in [6.07, 6.45) is 0.442. The highest BCUT2D eigenvalue weighted by Crippen LogP contribution is 2.13. The van der Waals surface area contributed by atoms with E-state index < -0.39 is 5.60 Å². The van der Waals surface area contributed by atoms with Crippen LogP contribution >= 0.6 is 24.0 Å². The van der Waals surface area contributed by atoms with Crippen LogP contribution in [0.25, 0.3) is 0 Å². The van der Waals surface area contributed by atoms with Gasteiger partial charge in [-0.3, -0.25) is 14.5 Å². The number of piperazine rings is 1. The topological polar surface area (TPSA) is 60.9 Å². The molecular formula is C18H26Cl2N2O3. The van der Waals surface area contributed by atoms with Gasteiger partial charge in [0, 0.05) is 56.2 Å². The molecule has 1 aromatic carbocycles. The quantitative estimate of drug-likeness (QED) is 0.760. The van der Waals surface area contributed by atoms with Crippen LogP contribution in [0.15, 0.2) is 24.3 Å². The van der Waals surface area contributed by atoms with E-state index in [2.05, 4.69) is 4.90 Å². The van der Waals surface area contributed by atoms with Gasteiger partial charge in [0.1, 0.15) is 0 Å². The van der Waals surface area contributed by atoms with Crippen LogP contribution in [0.4, 0.5) is 0 Å². The second-order valence-corrected chi connectivity index (χ2v) is 7.34. The average molecular weight is 389 g/mol. The molecule has 0 saturated carbocycles. The van der Waals surface area contributed by atoms with Crippen LogP contribution in [0.2, 0.25) is 5.02 Å². The summed E-state index contributed by atoms with van der Waals surface area (Å²) in [5, 5.41) is 10.4. The fourth-order valence-electron chi connectivity index (χ4n) is 2.86. The summed E-state index contributed by atoms with van der Waals surface area (Å²) in [6, 6.07) is 6.73. The number of halogens is 2. The lowest BCUT2D eigenvalue weighted by Gasteiger charge is -2.37. The fraction of sp³-hybridized carbons (Fsp3) is 0.556. The lowest BCUT2D eigenvalue weighted by Crippen LogP contribution is -2.52. The van der Waals surface area contributed by atoms with E-state index in [1.807, 2.05) is 0 Å². The Bertz CT molecular complexity index is 577. The van der Waals surface area contributed by atoms with Gasteiger partial charge in [0.2, 0.25) is 5.91 Å². The minimum absolute atomic E-state index is 0. The van der Waals surface area contributed by atoms with Crippen molar-refractivity contribution in [2.45, 2.75) is 32.3 Å². The molecule has 1 aliphatic rings. The molecule has 1 aliphatic heterocycles. The minimum atomic E-state index is -0.725. The van der Waals surface area contributed by atoms with Crippen LogP contribution in [-0.2, 0) is 4.79 Å². The second-order valence-electron chi connectivity index (χ2n) is 6.90. The van der Waals surface area contributed by atoms with Gasteiger partial charge < -0.3 is 10.0 Å². The molecule has 1 N–H and O–H groups in total. The van der Waals surface area contributed by atoms with E-state index in [0.717, 1.165) is 13.1 Å². The van der Waals surface area contributed by atoms with Crippen LogP contribution in [-0.4, -0.2) is 64.9 Å². The van der Waals surface area contributed by atoms with Crippen molar-refractivity contribution in [3.63, 3.8) is 0 Å². The molecule has 140 valence electrons. The van der Waals surface area contributed by atoms with Gasteiger partial charge in [-0.05, 0) is 38.1 Å². The number of aliphatic hydroxyl groups is 1. The van der Waals surface area contributed by atoms with Gasteiger partial charge in [0.25, 0.3) is 0 Å². The van der Waals surface area contributed by atoms with E-state index >= 15 is 0 Å². The largest absolute Gasteiger partial charge is 0.389 e. The van der Waals surface area contributed by atoms with Crippen molar-refractivity contribution in [3.05, 3.63) is 34.9 Å². The maximum Gasteiger partial charge on any atom is 0.223 e. The molecule has 1 fully saturated rings. The Balaban J connectivity index is 0.00000312. The first-order valence-corrected chi connectivity index (χ1v) is 8.64. The maximum atomic E-state index is 12.3. The number of amides is 1. The summed E-state index contributed by atoms with van der Waals surface area (Å²) in [4.78, 5) is 28.3. The summed E-state index contributed by atoms with van der Waals surface area (Å²) in [6.45, 7) is 6.96. The number of carbonyl (C=O) groups is 2. The predicted octanol–water partition coefficient (Wildman–Crippen LogP) is 2.64. The van der Waals surface area contributed by atoms with Crippen molar-refractivity contribution < 1.29 is 14.7 Å². The molecule has 0 aromatic heterocycles. The zero-order chi connectivity index (χ0) is 17.7. The normalized spacial score (nSPS) is 15.6.